The van der Waals surface area contributed by atoms with Gasteiger partial charge in [0, 0.05) is 43.9 Å². The third-order valence-corrected chi connectivity index (χ3v) is 8.83. The van der Waals surface area contributed by atoms with Gasteiger partial charge in [-0.05, 0) is 42.6 Å². The molecule has 1 unspecified atom stereocenters. The summed E-state index contributed by atoms with van der Waals surface area (Å²) in [7, 11) is -4.29. The zero-order valence-electron chi connectivity index (χ0n) is 20.3. The number of nitrogens with one attached hydrogen (secondary N) is 1. The Kier molecular flexibility index (Phi) is 7.88. The molecule has 1 aliphatic rings. The maximum Gasteiger partial charge on any atom is 0.269 e. The van der Waals surface area contributed by atoms with Gasteiger partial charge in [0.1, 0.15) is 0 Å². The second-order valence-electron chi connectivity index (χ2n) is 8.61. The van der Waals surface area contributed by atoms with Gasteiger partial charge in [-0.2, -0.15) is 0 Å². The molecule has 13 heteroatoms. The molecule has 0 saturated carbocycles. The van der Waals surface area contributed by atoms with E-state index in [1.165, 1.54) is 52.3 Å². The monoisotopic (exact) mass is 556 g/mol. The van der Waals surface area contributed by atoms with Gasteiger partial charge in [0.25, 0.3) is 23.4 Å². The van der Waals surface area contributed by atoms with Gasteiger partial charge in [0.05, 0.1) is 14.7 Å². The predicted octanol–water partition coefficient (Wildman–Crippen LogP) is 2.48. The standard InChI is InChI=1S/C25H24N4O7S2/c1-17-4-10-20(11-5-17)38(35,36)23(26-22(30)21-3-2-16-37-21)25(32)28-14-12-27(13-15-28)24(31)18-6-8-19(9-7-18)29(33)34/h2-11,16,23H,12-15H2,1H3,(H,26,30). The van der Waals surface area contributed by atoms with Crippen molar-refractivity contribution in [3.63, 3.8) is 0 Å². The normalized spacial score (nSPS) is 14.6. The van der Waals surface area contributed by atoms with E-state index in [0.717, 1.165) is 16.9 Å². The third-order valence-electron chi connectivity index (χ3n) is 6.09. The first-order chi connectivity index (χ1) is 18.1. The predicted molar refractivity (Wildman–Crippen MR) is 140 cm³/mol. The Morgan fingerprint density at radius 3 is 2.11 bits per heavy atom. The number of aryl methyl sites for hydroxylation is 1. The Bertz CT molecular complexity index is 1450. The molecule has 0 bridgehead atoms. The van der Waals surface area contributed by atoms with E-state index in [9.17, 15) is 32.9 Å². The number of amides is 3. The molecule has 0 radical (unpaired) electrons. The molecule has 3 aromatic rings. The average Bonchev–Trinajstić information content (AvgIpc) is 3.46. The molecule has 4 rings (SSSR count). The highest BCUT2D eigenvalue weighted by molar-refractivity contribution is 7.92. The van der Waals surface area contributed by atoms with E-state index in [1.54, 1.807) is 30.5 Å². The molecule has 1 fully saturated rings. The molecule has 0 spiro atoms. The zero-order valence-corrected chi connectivity index (χ0v) is 21.9. The van der Waals surface area contributed by atoms with Gasteiger partial charge in [-0.1, -0.05) is 23.8 Å². The number of hydrogen-bond donors (Lipinski definition) is 1. The van der Waals surface area contributed by atoms with Crippen molar-refractivity contribution in [1.29, 1.82) is 0 Å². The van der Waals surface area contributed by atoms with Crippen LogP contribution in [0.5, 0.6) is 0 Å². The van der Waals surface area contributed by atoms with E-state index >= 15 is 0 Å². The minimum atomic E-state index is -4.29. The van der Waals surface area contributed by atoms with Crippen LogP contribution in [0.15, 0.2) is 70.9 Å². The van der Waals surface area contributed by atoms with E-state index in [2.05, 4.69) is 5.32 Å². The fourth-order valence-corrected chi connectivity index (χ4v) is 6.03. The summed E-state index contributed by atoms with van der Waals surface area (Å²) in [6, 6.07) is 14.4. The van der Waals surface area contributed by atoms with Crippen LogP contribution in [0.4, 0.5) is 5.69 Å². The van der Waals surface area contributed by atoms with E-state index in [4.69, 9.17) is 0 Å². The van der Waals surface area contributed by atoms with Crippen LogP contribution >= 0.6 is 11.3 Å². The lowest BCUT2D eigenvalue weighted by molar-refractivity contribution is -0.384. The topological polar surface area (TPSA) is 147 Å². The molecule has 1 atom stereocenters. The number of benzene rings is 2. The van der Waals surface area contributed by atoms with Crippen molar-refractivity contribution >= 4 is 44.6 Å². The van der Waals surface area contributed by atoms with Gasteiger partial charge in [-0.25, -0.2) is 8.42 Å². The van der Waals surface area contributed by atoms with Gasteiger partial charge >= 0.3 is 0 Å². The summed E-state index contributed by atoms with van der Waals surface area (Å²) >= 11 is 1.12. The lowest BCUT2D eigenvalue weighted by atomic mass is 10.1. The van der Waals surface area contributed by atoms with Crippen molar-refractivity contribution in [2.24, 2.45) is 0 Å². The Balaban J connectivity index is 1.51. The Hall–Kier alpha value is -4.10. The SMILES string of the molecule is Cc1ccc(S(=O)(=O)C(NC(=O)c2cccs2)C(=O)N2CCN(C(=O)c3ccc([N+](=O)[O-])cc3)CC2)cc1. The molecule has 2 aromatic carbocycles. The minimum absolute atomic E-state index is 0.0480. The van der Waals surface area contributed by atoms with Gasteiger partial charge < -0.3 is 15.1 Å². The van der Waals surface area contributed by atoms with E-state index in [-0.39, 0.29) is 53.1 Å². The summed E-state index contributed by atoms with van der Waals surface area (Å²) in [6.07, 6.45) is 0. The Labute approximate surface area is 222 Å². The number of nitro groups is 1. The minimum Gasteiger partial charge on any atom is -0.336 e. The molecule has 198 valence electrons. The van der Waals surface area contributed by atoms with Crippen molar-refractivity contribution in [3.8, 4) is 0 Å². The molecule has 1 saturated heterocycles. The van der Waals surface area contributed by atoms with Crippen molar-refractivity contribution in [2.75, 3.05) is 26.2 Å². The van der Waals surface area contributed by atoms with Crippen LogP contribution in [-0.4, -0.2) is 72.4 Å². The van der Waals surface area contributed by atoms with Crippen LogP contribution in [-0.2, 0) is 14.6 Å². The van der Waals surface area contributed by atoms with Gasteiger partial charge in [0.2, 0.25) is 15.2 Å². The number of carbonyl (C=O) groups is 3. The van der Waals surface area contributed by atoms with E-state index < -0.39 is 31.9 Å². The molecule has 11 nitrogen and oxygen atoms in total. The maximum atomic E-state index is 13.5. The first kappa shape index (κ1) is 26.9. The van der Waals surface area contributed by atoms with Crippen LogP contribution in [0.25, 0.3) is 0 Å². The summed E-state index contributed by atoms with van der Waals surface area (Å²) < 4.78 is 27.0. The van der Waals surface area contributed by atoms with Crippen molar-refractivity contribution < 1.29 is 27.7 Å². The molecular formula is C25H24N4O7S2. The lowest BCUT2D eigenvalue weighted by Crippen LogP contribution is -2.57. The molecule has 1 aromatic heterocycles. The highest BCUT2D eigenvalue weighted by Gasteiger charge is 2.39. The molecule has 38 heavy (non-hydrogen) atoms. The summed E-state index contributed by atoms with van der Waals surface area (Å²) in [5.74, 6) is -1.83. The van der Waals surface area contributed by atoms with Crippen LogP contribution in [0.1, 0.15) is 25.6 Å². The van der Waals surface area contributed by atoms with Gasteiger partial charge in [-0.3, -0.25) is 24.5 Å². The lowest BCUT2D eigenvalue weighted by Gasteiger charge is -2.36. The number of nitro benzene ring substituents is 1. The summed E-state index contributed by atoms with van der Waals surface area (Å²) in [5.41, 5.74) is 0.962. The first-order valence-electron chi connectivity index (χ1n) is 11.6. The largest absolute Gasteiger partial charge is 0.336 e. The number of non-ortho nitro benzene ring substituents is 1. The smallest absolute Gasteiger partial charge is 0.269 e. The highest BCUT2D eigenvalue weighted by atomic mass is 32.2. The van der Waals surface area contributed by atoms with Crippen molar-refractivity contribution in [1.82, 2.24) is 15.1 Å². The first-order valence-corrected chi connectivity index (χ1v) is 14.0. The van der Waals surface area contributed by atoms with E-state index in [1.807, 2.05) is 0 Å². The number of hydrogen-bond acceptors (Lipinski definition) is 8. The Morgan fingerprint density at radius 1 is 0.947 bits per heavy atom. The second kappa shape index (κ2) is 11.1. The third kappa shape index (κ3) is 5.73. The fraction of sp³-hybridized carbons (Fsp3) is 0.240. The number of thiophene rings is 1. The van der Waals surface area contributed by atoms with Crippen LogP contribution in [0, 0.1) is 17.0 Å². The molecule has 0 aliphatic carbocycles. The highest BCUT2D eigenvalue weighted by Crippen LogP contribution is 2.20. The molecule has 1 N–H and O–H groups in total. The van der Waals surface area contributed by atoms with Crippen molar-refractivity contribution in [3.05, 3.63) is 92.2 Å². The average molecular weight is 557 g/mol. The number of nitrogens with zero attached hydrogens (tertiary/aromatic N) is 3. The summed E-state index contributed by atoms with van der Waals surface area (Å²) in [6.45, 7) is 2.14. The maximum absolute atomic E-state index is 13.5. The molecule has 3 amide bonds. The summed E-state index contributed by atoms with van der Waals surface area (Å²) in [4.78, 5) is 52.4. The van der Waals surface area contributed by atoms with Crippen LogP contribution in [0.3, 0.4) is 0 Å². The van der Waals surface area contributed by atoms with E-state index in [0.29, 0.717) is 0 Å². The van der Waals surface area contributed by atoms with Crippen molar-refractivity contribution in [2.45, 2.75) is 17.2 Å². The van der Waals surface area contributed by atoms with Gasteiger partial charge in [-0.15, -0.1) is 11.3 Å². The Morgan fingerprint density at radius 2 is 1.55 bits per heavy atom. The van der Waals surface area contributed by atoms with Crippen LogP contribution < -0.4 is 5.32 Å². The number of sulfone groups is 1. The number of piperazine rings is 1. The van der Waals surface area contributed by atoms with Gasteiger partial charge in [0.15, 0.2) is 0 Å². The zero-order chi connectivity index (χ0) is 27.4. The number of carbonyl (C=O) groups excluding carboxylic acids is 3. The fourth-order valence-electron chi connectivity index (χ4n) is 3.94. The second-order valence-corrected chi connectivity index (χ2v) is 11.6. The van der Waals surface area contributed by atoms with Crippen LogP contribution in [0.2, 0.25) is 0 Å². The quantitative estimate of drug-likeness (QED) is 0.347. The summed E-state index contributed by atoms with van der Waals surface area (Å²) in [5, 5.41) is 13.1. The molecule has 1 aliphatic heterocycles. The number of rotatable bonds is 7. The molecule has 2 heterocycles. The molecular weight excluding hydrogens is 532 g/mol.